The van der Waals surface area contributed by atoms with Crippen LogP contribution < -0.4 is 48.3 Å². The van der Waals surface area contributed by atoms with Crippen LogP contribution >= 0.6 is 11.8 Å². The van der Waals surface area contributed by atoms with E-state index in [9.17, 15) is 73.5 Å². The second kappa shape index (κ2) is 30.6. The van der Waals surface area contributed by atoms with Crippen LogP contribution in [0.1, 0.15) is 79.7 Å². The minimum absolute atomic E-state index is 0.0612. The number of hydrogen-bond donors (Lipinski definition) is 15. The molecular weight excluding hydrogens is 977 g/mol. The van der Waals surface area contributed by atoms with Crippen LogP contribution in [-0.2, 0) is 54.4 Å². The summed E-state index contributed by atoms with van der Waals surface area (Å²) in [5, 5.41) is 69.4. The molecule has 0 saturated heterocycles. The van der Waals surface area contributed by atoms with Crippen LogP contribution in [0.15, 0.2) is 30.5 Å². The highest BCUT2D eigenvalue weighted by molar-refractivity contribution is 7.98. The molecule has 0 saturated carbocycles. The summed E-state index contributed by atoms with van der Waals surface area (Å²) < 4.78 is 0. The summed E-state index contributed by atoms with van der Waals surface area (Å²) in [6.45, 7) is 9.05. The molecule has 0 aliphatic rings. The van der Waals surface area contributed by atoms with Crippen LogP contribution in [0.3, 0.4) is 0 Å². The number of aliphatic hydroxyl groups excluding tert-OH is 3. The molecule has 0 spiro atoms. The second-order valence-corrected chi connectivity index (χ2v) is 19.2. The van der Waals surface area contributed by atoms with Crippen LogP contribution in [-0.4, -0.2) is 175 Å². The number of fused-ring (bicyclic) bond motifs is 1. The highest BCUT2D eigenvalue weighted by Gasteiger charge is 2.38. The van der Waals surface area contributed by atoms with Crippen molar-refractivity contribution in [2.75, 3.05) is 25.2 Å². The van der Waals surface area contributed by atoms with Gasteiger partial charge in [0, 0.05) is 23.5 Å². The fraction of sp³-hybridized carbons (Fsp3) is 0.617. The Bertz CT molecular complexity index is 2230. The Labute approximate surface area is 427 Å². The lowest BCUT2D eigenvalue weighted by molar-refractivity contribution is -0.144. The highest BCUT2D eigenvalue weighted by Crippen LogP contribution is 2.20. The number of aliphatic hydroxyl groups is 3. The van der Waals surface area contributed by atoms with Crippen molar-refractivity contribution in [3.8, 4) is 0 Å². The Kier molecular flexibility index (Phi) is 26.3. The molecular formula is C47H74N10O15S. The van der Waals surface area contributed by atoms with Gasteiger partial charge in [0.05, 0.1) is 25.7 Å². The van der Waals surface area contributed by atoms with E-state index >= 15 is 0 Å². The first-order chi connectivity index (χ1) is 34.3. The molecule has 2 rings (SSSR count). The monoisotopic (exact) mass is 1050 g/mol. The van der Waals surface area contributed by atoms with Crippen LogP contribution in [0.25, 0.3) is 10.9 Å². The molecule has 73 heavy (non-hydrogen) atoms. The maximum atomic E-state index is 14.2. The van der Waals surface area contributed by atoms with Gasteiger partial charge in [-0.2, -0.15) is 11.8 Å². The quantitative estimate of drug-likeness (QED) is 0.0356. The molecule has 16 N–H and O–H groups in total. The first kappa shape index (κ1) is 62.8. The van der Waals surface area contributed by atoms with Crippen molar-refractivity contribution in [3.05, 3.63) is 36.0 Å². The van der Waals surface area contributed by atoms with Crippen molar-refractivity contribution in [2.24, 2.45) is 23.5 Å². The molecule has 1 aromatic carbocycles. The Morgan fingerprint density at radius 1 is 0.603 bits per heavy atom. The number of hydrogen-bond acceptors (Lipinski definition) is 15. The van der Waals surface area contributed by atoms with E-state index in [1.54, 1.807) is 64.4 Å². The number of nitrogens with one attached hydrogen (secondary N) is 9. The molecule has 12 atom stereocenters. The van der Waals surface area contributed by atoms with Gasteiger partial charge in [-0.15, -0.1) is 0 Å². The van der Waals surface area contributed by atoms with E-state index in [2.05, 4.69) is 47.5 Å². The van der Waals surface area contributed by atoms with Gasteiger partial charge in [0.15, 0.2) is 0 Å². The fourth-order valence-corrected chi connectivity index (χ4v) is 7.71. The van der Waals surface area contributed by atoms with Crippen molar-refractivity contribution in [1.29, 1.82) is 0 Å². The van der Waals surface area contributed by atoms with Gasteiger partial charge in [0.25, 0.3) is 0 Å². The first-order valence-corrected chi connectivity index (χ1v) is 25.3. The third-order valence-electron chi connectivity index (χ3n) is 12.3. The van der Waals surface area contributed by atoms with E-state index in [0.29, 0.717) is 18.4 Å². The number of H-pyrrole nitrogens is 1. The van der Waals surface area contributed by atoms with E-state index in [1.165, 1.54) is 32.5 Å². The molecule has 26 heteroatoms. The van der Waals surface area contributed by atoms with E-state index < -0.39 is 157 Å². The molecule has 1 heterocycles. The van der Waals surface area contributed by atoms with E-state index in [1.807, 2.05) is 0 Å². The number of carbonyl (C=O) groups is 10. The van der Waals surface area contributed by atoms with Crippen LogP contribution in [0, 0.1) is 17.8 Å². The third kappa shape index (κ3) is 19.2. The van der Waals surface area contributed by atoms with Gasteiger partial charge < -0.3 is 78.8 Å². The zero-order chi connectivity index (χ0) is 55.3. The topological polar surface area (TPSA) is 410 Å². The van der Waals surface area contributed by atoms with Crippen molar-refractivity contribution in [1.82, 2.24) is 47.5 Å². The molecule has 0 aliphatic heterocycles. The molecule has 0 fully saturated rings. The van der Waals surface area contributed by atoms with E-state index in [-0.39, 0.29) is 18.6 Å². The van der Waals surface area contributed by atoms with E-state index in [0.717, 1.165) is 10.9 Å². The summed E-state index contributed by atoms with van der Waals surface area (Å²) in [5.41, 5.74) is 7.20. The fourth-order valence-electron chi connectivity index (χ4n) is 7.24. The Morgan fingerprint density at radius 3 is 1.52 bits per heavy atom. The number of aromatic nitrogens is 1. The number of benzene rings is 1. The number of nitrogens with two attached hydrogens (primary N) is 1. The number of carbonyl (C=O) groups excluding carboxylic acids is 8. The van der Waals surface area contributed by atoms with Gasteiger partial charge in [0.1, 0.15) is 54.4 Å². The molecule has 0 aliphatic carbocycles. The number of rotatable bonds is 32. The molecule has 408 valence electrons. The average Bonchev–Trinajstić information content (AvgIpc) is 3.76. The lowest BCUT2D eigenvalue weighted by Crippen LogP contribution is -2.62. The van der Waals surface area contributed by atoms with Crippen molar-refractivity contribution in [2.45, 2.75) is 141 Å². The summed E-state index contributed by atoms with van der Waals surface area (Å²) >= 11 is 1.29. The molecule has 0 radical (unpaired) electrons. The van der Waals surface area contributed by atoms with Gasteiger partial charge in [0.2, 0.25) is 47.3 Å². The van der Waals surface area contributed by atoms with Crippen molar-refractivity contribution in [3.63, 3.8) is 0 Å². The lowest BCUT2D eigenvalue weighted by Gasteiger charge is -2.31. The maximum Gasteiger partial charge on any atom is 0.326 e. The number of aromatic amines is 1. The Hall–Kier alpha value is -6.35. The molecule has 2 aromatic rings. The van der Waals surface area contributed by atoms with Gasteiger partial charge in [-0.05, 0) is 54.7 Å². The molecule has 0 bridgehead atoms. The highest BCUT2D eigenvalue weighted by atomic mass is 32.2. The zero-order valence-corrected chi connectivity index (χ0v) is 43.2. The van der Waals surface area contributed by atoms with Crippen LogP contribution in [0.2, 0.25) is 0 Å². The summed E-state index contributed by atoms with van der Waals surface area (Å²) in [6, 6.07) is -6.46. The van der Waals surface area contributed by atoms with Gasteiger partial charge in [-0.3, -0.25) is 43.2 Å². The van der Waals surface area contributed by atoms with Gasteiger partial charge >= 0.3 is 11.9 Å². The molecule has 1 aromatic heterocycles. The minimum Gasteiger partial charge on any atom is -0.481 e. The van der Waals surface area contributed by atoms with Gasteiger partial charge in [-0.25, -0.2) is 4.79 Å². The molecule has 25 nitrogen and oxygen atoms in total. The lowest BCUT2D eigenvalue weighted by atomic mass is 9.94. The summed E-state index contributed by atoms with van der Waals surface area (Å²) in [6.07, 6.45) is 1.50. The maximum absolute atomic E-state index is 14.2. The summed E-state index contributed by atoms with van der Waals surface area (Å²) in [5.74, 6) is -12.3. The van der Waals surface area contributed by atoms with Crippen LogP contribution in [0.4, 0.5) is 0 Å². The zero-order valence-electron chi connectivity index (χ0n) is 42.4. The normalized spacial score (nSPS) is 16.3. The number of carboxylic acid groups (broad SMARTS) is 2. The summed E-state index contributed by atoms with van der Waals surface area (Å²) in [7, 11) is 0. The van der Waals surface area contributed by atoms with Gasteiger partial charge in [-0.1, -0.05) is 72.6 Å². The number of para-hydroxylation sites is 1. The smallest absolute Gasteiger partial charge is 0.326 e. The molecule has 0 unspecified atom stereocenters. The minimum atomic E-state index is -1.86. The Morgan fingerprint density at radius 2 is 1.04 bits per heavy atom. The number of carboxylic acids is 2. The largest absolute Gasteiger partial charge is 0.481 e. The predicted octanol–water partition coefficient (Wildman–Crippen LogP) is -2.66. The SMILES string of the molecule is CC[C@H](C)[C@H](NC(=O)[C@H](CO)NC(=O)[C@H](Cc1c[nH]c2ccccc12)NC(=O)[C@@H](N)[C@@H](C)O)C(=O)N[C@H](C(=O)N[C@@H](CCSC)C(=O)N[C@@H](CC(=O)O)C(=O)N[C@@H](CO)C(=O)N[C@H](C(=O)O)C(C)C)[C@@H](C)CC. The number of thioether (sulfide) groups is 1. The van der Waals surface area contributed by atoms with E-state index in [4.69, 9.17) is 5.73 Å². The first-order valence-electron chi connectivity index (χ1n) is 23.9. The average molecular weight is 1050 g/mol. The van der Waals surface area contributed by atoms with Crippen LogP contribution in [0.5, 0.6) is 0 Å². The number of aliphatic carboxylic acids is 2. The third-order valence-corrected chi connectivity index (χ3v) is 12.9. The predicted molar refractivity (Wildman–Crippen MR) is 268 cm³/mol. The second-order valence-electron chi connectivity index (χ2n) is 18.2. The Balaban J connectivity index is 2.36. The van der Waals surface area contributed by atoms with Crippen molar-refractivity contribution < 1.29 is 73.5 Å². The summed E-state index contributed by atoms with van der Waals surface area (Å²) in [4.78, 5) is 136. The molecule has 8 amide bonds. The standard InChI is InChI=1S/C47H74N10O15S/c1-9-23(5)37(45(69)50-29(15-16-73-8)39(63)51-31(18-34(61)62)41(65)54-32(20-58)42(66)55-36(22(3)4)47(71)72)57-46(70)38(24(6)10-2)56-43(67)33(21-59)53-40(64)30(52-44(68)35(48)25(7)60)17-26-19-49-28-14-12-11-13-27(26)28/h11-14,19,22-25,29-33,35-38,49,58-60H,9-10,15-18,20-21,48H2,1-8H3,(H,50,69)(H,51,63)(H,52,68)(H,53,64)(H,54,65)(H,55,66)(H,56,67)(H,57,70)(H,61,62)(H,71,72)/t23-,24-,25+,29-,30-,31-,32-,33-,35-,36-,37-,38-/m0/s1. The van der Waals surface area contributed by atoms with Crippen molar-refractivity contribution >= 4 is 81.9 Å². The number of amides is 8.